The summed E-state index contributed by atoms with van der Waals surface area (Å²) in [7, 11) is 0. The molecule has 0 bridgehead atoms. The fourth-order valence-corrected chi connectivity index (χ4v) is 3.76. The van der Waals surface area contributed by atoms with Gasteiger partial charge >= 0.3 is 0 Å². The molecule has 0 nitrogen and oxygen atoms in total. The molecule has 0 saturated carbocycles. The maximum absolute atomic E-state index is 14.2. The van der Waals surface area contributed by atoms with E-state index in [-0.39, 0.29) is 5.56 Å². The van der Waals surface area contributed by atoms with Gasteiger partial charge in [-0.2, -0.15) is 0 Å². The summed E-state index contributed by atoms with van der Waals surface area (Å²) in [5, 5.41) is 0. The molecular weight excluding hydrogens is 422 g/mol. The van der Waals surface area contributed by atoms with Gasteiger partial charge in [-0.05, 0) is 72.9 Å². The third-order valence-electron chi connectivity index (χ3n) is 5.78. The molecule has 0 saturated heterocycles. The zero-order chi connectivity index (χ0) is 24.2. The van der Waals surface area contributed by atoms with E-state index in [2.05, 4.69) is 54.9 Å². The number of halogens is 2. The van der Waals surface area contributed by atoms with Crippen molar-refractivity contribution in [3.05, 3.63) is 106 Å². The van der Waals surface area contributed by atoms with Crippen molar-refractivity contribution in [2.75, 3.05) is 0 Å². The van der Waals surface area contributed by atoms with Gasteiger partial charge in [0.25, 0.3) is 0 Å². The van der Waals surface area contributed by atoms with E-state index in [1.807, 2.05) is 31.2 Å². The monoisotopic (exact) mass is 454 g/mol. The molecule has 0 heterocycles. The van der Waals surface area contributed by atoms with Crippen LogP contribution in [-0.2, 0) is 12.8 Å². The van der Waals surface area contributed by atoms with Gasteiger partial charge in [0.05, 0.1) is 5.56 Å². The van der Waals surface area contributed by atoms with Crippen LogP contribution in [0.3, 0.4) is 0 Å². The lowest BCUT2D eigenvalue weighted by Gasteiger charge is -2.03. The number of aryl methyl sites for hydroxylation is 2. The number of rotatable bonds is 8. The van der Waals surface area contributed by atoms with E-state index in [0.717, 1.165) is 29.5 Å². The van der Waals surface area contributed by atoms with Crippen molar-refractivity contribution < 1.29 is 8.78 Å². The van der Waals surface area contributed by atoms with Gasteiger partial charge in [0, 0.05) is 16.7 Å². The van der Waals surface area contributed by atoms with E-state index < -0.39 is 11.6 Å². The molecule has 3 aromatic carbocycles. The smallest absolute Gasteiger partial charge is 0.174 e. The first-order valence-electron chi connectivity index (χ1n) is 12.3. The summed E-state index contributed by atoms with van der Waals surface area (Å²) in [5.74, 6) is 10.4. The van der Waals surface area contributed by atoms with Crippen molar-refractivity contribution in [3.8, 4) is 23.7 Å². The maximum atomic E-state index is 14.2. The van der Waals surface area contributed by atoms with Crippen LogP contribution in [0.2, 0.25) is 0 Å². The van der Waals surface area contributed by atoms with Crippen LogP contribution in [0, 0.1) is 35.3 Å². The Morgan fingerprint density at radius 1 is 0.529 bits per heavy atom. The molecule has 0 unspecified atom stereocenters. The van der Waals surface area contributed by atoms with Crippen molar-refractivity contribution >= 4 is 0 Å². The summed E-state index contributed by atoms with van der Waals surface area (Å²) in [6, 6.07) is 19.1. The third kappa shape index (κ3) is 7.60. The second-order valence-corrected chi connectivity index (χ2v) is 8.59. The van der Waals surface area contributed by atoms with Crippen molar-refractivity contribution in [2.45, 2.75) is 65.2 Å². The lowest BCUT2D eigenvalue weighted by molar-refractivity contribution is 0.496. The van der Waals surface area contributed by atoms with Crippen LogP contribution in [0.5, 0.6) is 0 Å². The van der Waals surface area contributed by atoms with Gasteiger partial charge in [-0.25, -0.2) is 8.78 Å². The summed E-state index contributed by atoms with van der Waals surface area (Å²) in [6.45, 7) is 4.17. The van der Waals surface area contributed by atoms with E-state index in [1.165, 1.54) is 37.7 Å². The quantitative estimate of drug-likeness (QED) is 0.237. The Bertz CT molecular complexity index is 1180. The standard InChI is InChI=1S/C32H32F2/c1-3-5-6-7-8-10-25-11-13-26(14-12-25)15-16-27-17-19-28(20-18-27)21-22-30-24-23-29(9-4-2)31(33)32(30)34/h11-14,17-20,23-24H,3-10H2,1-2H3. The highest BCUT2D eigenvalue weighted by Crippen LogP contribution is 2.17. The Labute approximate surface area is 203 Å². The molecule has 3 rings (SSSR count). The van der Waals surface area contributed by atoms with Crippen LogP contribution in [-0.4, -0.2) is 0 Å². The SMILES string of the molecule is CCCCCCCc1ccc(C#Cc2ccc(C#Cc3ccc(CCC)c(F)c3F)cc2)cc1. The first kappa shape index (κ1) is 25.3. The molecular formula is C32H32F2. The predicted octanol–water partition coefficient (Wildman–Crippen LogP) is 8.23. The molecule has 34 heavy (non-hydrogen) atoms. The second-order valence-electron chi connectivity index (χ2n) is 8.59. The maximum Gasteiger partial charge on any atom is 0.174 e. The highest BCUT2D eigenvalue weighted by atomic mass is 19.2. The number of hydrogen-bond acceptors (Lipinski definition) is 0. The summed E-state index contributed by atoms with van der Waals surface area (Å²) in [5.41, 5.74) is 4.43. The molecule has 0 aliphatic heterocycles. The van der Waals surface area contributed by atoms with E-state index in [0.29, 0.717) is 12.0 Å². The van der Waals surface area contributed by atoms with Gasteiger partial charge in [-0.15, -0.1) is 0 Å². The summed E-state index contributed by atoms with van der Waals surface area (Å²) < 4.78 is 28.4. The predicted molar refractivity (Wildman–Crippen MR) is 138 cm³/mol. The molecule has 0 N–H and O–H groups in total. The minimum absolute atomic E-state index is 0.0747. The van der Waals surface area contributed by atoms with Gasteiger partial charge in [0.1, 0.15) is 0 Å². The minimum atomic E-state index is -0.872. The number of benzene rings is 3. The Balaban J connectivity index is 1.59. The van der Waals surface area contributed by atoms with E-state index in [1.54, 1.807) is 12.1 Å². The van der Waals surface area contributed by atoms with Crippen LogP contribution in [0.4, 0.5) is 8.78 Å². The van der Waals surface area contributed by atoms with Gasteiger partial charge in [0.2, 0.25) is 0 Å². The van der Waals surface area contributed by atoms with Crippen molar-refractivity contribution in [1.29, 1.82) is 0 Å². The normalized spacial score (nSPS) is 10.2. The zero-order valence-electron chi connectivity index (χ0n) is 20.2. The molecule has 174 valence electrons. The lowest BCUT2D eigenvalue weighted by atomic mass is 10.0. The molecule has 0 fully saturated rings. The Kier molecular flexibility index (Phi) is 9.94. The van der Waals surface area contributed by atoms with Crippen LogP contribution in [0.15, 0.2) is 60.7 Å². The fraction of sp³-hybridized carbons (Fsp3) is 0.312. The molecule has 2 heteroatoms. The molecule has 0 spiro atoms. The van der Waals surface area contributed by atoms with E-state index in [9.17, 15) is 8.78 Å². The zero-order valence-corrected chi connectivity index (χ0v) is 20.2. The average molecular weight is 455 g/mol. The summed E-state index contributed by atoms with van der Waals surface area (Å²) in [6.07, 6.45) is 8.87. The highest BCUT2D eigenvalue weighted by molar-refractivity contribution is 5.48. The van der Waals surface area contributed by atoms with Crippen LogP contribution >= 0.6 is 0 Å². The van der Waals surface area contributed by atoms with Crippen LogP contribution in [0.25, 0.3) is 0 Å². The van der Waals surface area contributed by atoms with Gasteiger partial charge in [0.15, 0.2) is 11.6 Å². The van der Waals surface area contributed by atoms with Crippen LogP contribution < -0.4 is 0 Å². The summed E-state index contributed by atoms with van der Waals surface area (Å²) >= 11 is 0. The molecule has 0 aromatic heterocycles. The van der Waals surface area contributed by atoms with Crippen LogP contribution in [0.1, 0.15) is 85.8 Å². The largest absolute Gasteiger partial charge is 0.203 e. The first-order valence-corrected chi connectivity index (χ1v) is 12.3. The summed E-state index contributed by atoms with van der Waals surface area (Å²) in [4.78, 5) is 0. The molecule has 0 amide bonds. The second kappa shape index (κ2) is 13.4. The number of hydrogen-bond donors (Lipinski definition) is 0. The lowest BCUT2D eigenvalue weighted by Crippen LogP contribution is -1.97. The molecule has 0 atom stereocenters. The minimum Gasteiger partial charge on any atom is -0.203 e. The van der Waals surface area contributed by atoms with Gasteiger partial charge in [-0.1, -0.05) is 87.8 Å². The molecule has 3 aromatic rings. The van der Waals surface area contributed by atoms with Gasteiger partial charge in [-0.3, -0.25) is 0 Å². The highest BCUT2D eigenvalue weighted by Gasteiger charge is 2.11. The fourth-order valence-electron chi connectivity index (χ4n) is 3.76. The average Bonchev–Trinajstić information content (AvgIpc) is 2.86. The Morgan fingerprint density at radius 2 is 1.09 bits per heavy atom. The van der Waals surface area contributed by atoms with Gasteiger partial charge < -0.3 is 0 Å². The Hall–Kier alpha value is -3.36. The van der Waals surface area contributed by atoms with E-state index in [4.69, 9.17) is 0 Å². The molecule has 0 aliphatic rings. The van der Waals surface area contributed by atoms with Crippen molar-refractivity contribution in [1.82, 2.24) is 0 Å². The van der Waals surface area contributed by atoms with E-state index >= 15 is 0 Å². The first-order chi connectivity index (χ1) is 16.6. The molecule has 0 radical (unpaired) electrons. The molecule has 0 aliphatic carbocycles. The third-order valence-corrected chi connectivity index (χ3v) is 5.78. The van der Waals surface area contributed by atoms with Crippen molar-refractivity contribution in [2.24, 2.45) is 0 Å². The number of unbranched alkanes of at least 4 members (excludes halogenated alkanes) is 4. The topological polar surface area (TPSA) is 0 Å². The van der Waals surface area contributed by atoms with Crippen molar-refractivity contribution in [3.63, 3.8) is 0 Å². The Morgan fingerprint density at radius 3 is 1.68 bits per heavy atom.